The van der Waals surface area contributed by atoms with Gasteiger partial charge in [0, 0.05) is 19.2 Å². The van der Waals surface area contributed by atoms with Crippen molar-refractivity contribution < 1.29 is 9.53 Å². The smallest absolute Gasteiger partial charge is 0.246 e. The van der Waals surface area contributed by atoms with Crippen molar-refractivity contribution in [3.63, 3.8) is 0 Å². The van der Waals surface area contributed by atoms with Crippen molar-refractivity contribution in [3.8, 4) is 5.75 Å². The number of carbonyl (C=O) groups is 1. The Bertz CT molecular complexity index is 544. The zero-order chi connectivity index (χ0) is 16.1. The molecule has 0 aliphatic carbocycles. The van der Waals surface area contributed by atoms with E-state index in [2.05, 4.69) is 6.92 Å². The maximum Gasteiger partial charge on any atom is 0.246 e. The lowest BCUT2D eigenvalue weighted by Crippen LogP contribution is -2.36. The number of likely N-dealkylation sites (tertiary alicyclic amines) is 1. The first kappa shape index (κ1) is 16.4. The van der Waals surface area contributed by atoms with Crippen LogP contribution in [0.15, 0.2) is 24.3 Å². The van der Waals surface area contributed by atoms with Crippen LogP contribution in [-0.2, 0) is 4.79 Å². The Balaban J connectivity index is 1.98. The van der Waals surface area contributed by atoms with E-state index in [1.807, 2.05) is 43.0 Å². The second-order valence-electron chi connectivity index (χ2n) is 6.31. The number of piperidine rings is 1. The predicted octanol–water partition coefficient (Wildman–Crippen LogP) is 3.33. The highest BCUT2D eigenvalue weighted by molar-refractivity contribution is 5.92. The van der Waals surface area contributed by atoms with Crippen molar-refractivity contribution in [1.29, 1.82) is 0 Å². The number of nitrogens with zero attached hydrogens (tertiary/aromatic N) is 1. The van der Waals surface area contributed by atoms with Crippen LogP contribution in [-0.4, -0.2) is 30.0 Å². The second-order valence-corrected chi connectivity index (χ2v) is 6.31. The Kier molecular flexibility index (Phi) is 5.47. The average Bonchev–Trinajstić information content (AvgIpc) is 2.47. The topological polar surface area (TPSA) is 55.6 Å². The third kappa shape index (κ3) is 4.52. The van der Waals surface area contributed by atoms with E-state index >= 15 is 0 Å². The molecule has 4 nitrogen and oxygen atoms in total. The van der Waals surface area contributed by atoms with E-state index in [1.165, 1.54) is 0 Å². The van der Waals surface area contributed by atoms with E-state index < -0.39 is 0 Å². The van der Waals surface area contributed by atoms with Gasteiger partial charge in [-0.1, -0.05) is 13.0 Å². The quantitative estimate of drug-likeness (QED) is 0.685. The van der Waals surface area contributed by atoms with Crippen molar-refractivity contribution >= 4 is 17.7 Å². The number of amides is 1. The van der Waals surface area contributed by atoms with Crippen LogP contribution in [0.25, 0.3) is 6.08 Å². The molecule has 1 aliphatic heterocycles. The summed E-state index contributed by atoms with van der Waals surface area (Å²) in [6, 6.07) is 5.60. The van der Waals surface area contributed by atoms with Gasteiger partial charge in [-0.3, -0.25) is 4.79 Å². The molecule has 22 heavy (non-hydrogen) atoms. The van der Waals surface area contributed by atoms with Gasteiger partial charge >= 0.3 is 0 Å². The Morgan fingerprint density at radius 1 is 1.36 bits per heavy atom. The molecule has 1 aromatic carbocycles. The SMILES string of the molecule is CC1CCN(C(=O)/C=C\c2ccc(OC(C)C)c(N)c2)CC1. The summed E-state index contributed by atoms with van der Waals surface area (Å²) >= 11 is 0. The van der Waals surface area contributed by atoms with E-state index in [0.29, 0.717) is 11.4 Å². The van der Waals surface area contributed by atoms with Gasteiger partial charge in [0.2, 0.25) is 5.91 Å². The molecule has 120 valence electrons. The Morgan fingerprint density at radius 3 is 2.64 bits per heavy atom. The lowest BCUT2D eigenvalue weighted by Gasteiger charge is -2.29. The number of benzene rings is 1. The molecule has 4 heteroatoms. The van der Waals surface area contributed by atoms with E-state index in [-0.39, 0.29) is 12.0 Å². The first-order valence-corrected chi connectivity index (χ1v) is 7.99. The molecule has 0 unspecified atom stereocenters. The van der Waals surface area contributed by atoms with Gasteiger partial charge in [-0.15, -0.1) is 0 Å². The standard InChI is InChI=1S/C18H26N2O2/c1-13(2)22-17-6-4-15(12-16(17)19)5-7-18(21)20-10-8-14(3)9-11-20/h4-7,12-14H,8-11,19H2,1-3H3/b7-5-. The summed E-state index contributed by atoms with van der Waals surface area (Å²) in [5.74, 6) is 1.48. The van der Waals surface area contributed by atoms with Gasteiger partial charge in [-0.2, -0.15) is 0 Å². The maximum atomic E-state index is 12.2. The summed E-state index contributed by atoms with van der Waals surface area (Å²) in [5.41, 5.74) is 7.48. The molecule has 0 spiro atoms. The third-order valence-electron chi connectivity index (χ3n) is 3.91. The fourth-order valence-corrected chi connectivity index (χ4v) is 2.53. The molecule has 0 atom stereocenters. The van der Waals surface area contributed by atoms with Crippen molar-refractivity contribution in [1.82, 2.24) is 4.90 Å². The molecule has 1 aliphatic rings. The minimum atomic E-state index is 0.0768. The molecule has 0 aromatic heterocycles. The summed E-state index contributed by atoms with van der Waals surface area (Å²) in [7, 11) is 0. The van der Waals surface area contributed by atoms with Crippen LogP contribution in [0.2, 0.25) is 0 Å². The zero-order valence-electron chi connectivity index (χ0n) is 13.7. The number of hydrogen-bond donors (Lipinski definition) is 1. The second kappa shape index (κ2) is 7.34. The van der Waals surface area contributed by atoms with Gasteiger partial charge in [0.1, 0.15) is 5.75 Å². The van der Waals surface area contributed by atoms with Gasteiger partial charge in [0.15, 0.2) is 0 Å². The first-order valence-electron chi connectivity index (χ1n) is 7.99. The number of carbonyl (C=O) groups excluding carboxylic acids is 1. The number of anilines is 1. The molecule has 1 amide bonds. The van der Waals surface area contributed by atoms with E-state index in [0.717, 1.165) is 37.4 Å². The number of rotatable bonds is 4. The molecule has 0 bridgehead atoms. The van der Waals surface area contributed by atoms with Gasteiger partial charge in [0.25, 0.3) is 0 Å². The monoisotopic (exact) mass is 302 g/mol. The maximum absolute atomic E-state index is 12.2. The molecular formula is C18H26N2O2. The lowest BCUT2D eigenvalue weighted by atomic mass is 9.99. The molecule has 0 radical (unpaired) electrons. The summed E-state index contributed by atoms with van der Waals surface area (Å²) in [6.07, 6.45) is 5.72. The number of nitrogens with two attached hydrogens (primary N) is 1. The largest absolute Gasteiger partial charge is 0.489 e. The number of ether oxygens (including phenoxy) is 1. The predicted molar refractivity (Wildman–Crippen MR) is 90.6 cm³/mol. The Hall–Kier alpha value is -1.97. The Morgan fingerprint density at radius 2 is 2.05 bits per heavy atom. The number of nitrogen functional groups attached to an aromatic ring is 1. The molecule has 1 saturated heterocycles. The van der Waals surface area contributed by atoms with Crippen molar-refractivity contribution in [2.45, 2.75) is 39.7 Å². The highest BCUT2D eigenvalue weighted by atomic mass is 16.5. The minimum absolute atomic E-state index is 0.0768. The van der Waals surface area contributed by atoms with Crippen molar-refractivity contribution in [2.24, 2.45) is 5.92 Å². The summed E-state index contributed by atoms with van der Waals surface area (Å²) < 4.78 is 5.61. The van der Waals surface area contributed by atoms with Crippen LogP contribution >= 0.6 is 0 Å². The summed E-state index contributed by atoms with van der Waals surface area (Å²) in [5, 5.41) is 0. The first-order chi connectivity index (χ1) is 10.5. The van der Waals surface area contributed by atoms with Crippen LogP contribution in [0, 0.1) is 5.92 Å². The van der Waals surface area contributed by atoms with Gasteiger partial charge < -0.3 is 15.4 Å². The molecule has 1 fully saturated rings. The molecule has 2 rings (SSSR count). The van der Waals surface area contributed by atoms with E-state index in [9.17, 15) is 4.79 Å². The van der Waals surface area contributed by atoms with E-state index in [1.54, 1.807) is 6.08 Å². The normalized spacial score (nSPS) is 16.5. The van der Waals surface area contributed by atoms with Crippen LogP contribution < -0.4 is 10.5 Å². The Labute approximate surface area is 132 Å². The average molecular weight is 302 g/mol. The number of hydrogen-bond acceptors (Lipinski definition) is 3. The van der Waals surface area contributed by atoms with Gasteiger partial charge in [-0.25, -0.2) is 0 Å². The molecule has 1 aromatic rings. The van der Waals surface area contributed by atoms with Gasteiger partial charge in [0.05, 0.1) is 11.8 Å². The van der Waals surface area contributed by atoms with Crippen molar-refractivity contribution in [3.05, 3.63) is 29.8 Å². The highest BCUT2D eigenvalue weighted by Gasteiger charge is 2.18. The highest BCUT2D eigenvalue weighted by Crippen LogP contribution is 2.24. The molecule has 2 N–H and O–H groups in total. The van der Waals surface area contributed by atoms with Crippen LogP contribution in [0.5, 0.6) is 5.75 Å². The minimum Gasteiger partial charge on any atom is -0.489 e. The summed E-state index contributed by atoms with van der Waals surface area (Å²) in [6.45, 7) is 7.87. The lowest BCUT2D eigenvalue weighted by molar-refractivity contribution is -0.127. The summed E-state index contributed by atoms with van der Waals surface area (Å²) in [4.78, 5) is 14.1. The molecular weight excluding hydrogens is 276 g/mol. The van der Waals surface area contributed by atoms with Gasteiger partial charge in [-0.05, 0) is 56.4 Å². The fraction of sp³-hybridized carbons (Fsp3) is 0.500. The van der Waals surface area contributed by atoms with E-state index in [4.69, 9.17) is 10.5 Å². The fourth-order valence-electron chi connectivity index (χ4n) is 2.53. The third-order valence-corrected chi connectivity index (χ3v) is 3.91. The van der Waals surface area contributed by atoms with Crippen LogP contribution in [0.1, 0.15) is 39.2 Å². The molecule has 1 heterocycles. The van der Waals surface area contributed by atoms with Crippen LogP contribution in [0.3, 0.4) is 0 Å². The van der Waals surface area contributed by atoms with Crippen molar-refractivity contribution in [2.75, 3.05) is 18.8 Å². The zero-order valence-corrected chi connectivity index (χ0v) is 13.7. The van der Waals surface area contributed by atoms with Crippen LogP contribution in [0.4, 0.5) is 5.69 Å². The molecule has 0 saturated carbocycles.